The number of likely N-dealkylation sites (tertiary alicyclic amines) is 1. The van der Waals surface area contributed by atoms with E-state index in [0.29, 0.717) is 19.6 Å². The van der Waals surface area contributed by atoms with Gasteiger partial charge < -0.3 is 24.4 Å². The lowest BCUT2D eigenvalue weighted by Crippen LogP contribution is -2.55. The number of thiophene rings is 1. The van der Waals surface area contributed by atoms with Gasteiger partial charge in [-0.15, -0.1) is 11.3 Å². The number of aliphatic hydroxyl groups is 1. The topological polar surface area (TPSA) is 65.5 Å². The van der Waals surface area contributed by atoms with Gasteiger partial charge in [0.2, 0.25) is 0 Å². The first-order valence-electron chi connectivity index (χ1n) is 13.6. The molecule has 2 saturated heterocycles. The molecule has 0 radical (unpaired) electrons. The van der Waals surface area contributed by atoms with Crippen LogP contribution in [0.3, 0.4) is 0 Å². The third-order valence-corrected chi connectivity index (χ3v) is 10.1. The Hall–Kier alpha value is -2.65. The number of nitrogens with zero attached hydrogens (tertiary/aromatic N) is 3. The van der Waals surface area contributed by atoms with Crippen LogP contribution in [-0.2, 0) is 9.47 Å². The van der Waals surface area contributed by atoms with Crippen molar-refractivity contribution in [1.82, 2.24) is 14.7 Å². The summed E-state index contributed by atoms with van der Waals surface area (Å²) >= 11 is 1.57. The summed E-state index contributed by atoms with van der Waals surface area (Å²) in [6.07, 6.45) is 6.05. The van der Waals surface area contributed by atoms with Crippen LogP contribution >= 0.6 is 11.3 Å². The van der Waals surface area contributed by atoms with Gasteiger partial charge in [-0.05, 0) is 47.6 Å². The molecule has 1 aromatic heterocycles. The minimum Gasteiger partial charge on any atom is -0.501 e. The maximum absolute atomic E-state index is 13.5. The van der Waals surface area contributed by atoms with Crippen LogP contribution < -0.4 is 0 Å². The first-order valence-corrected chi connectivity index (χ1v) is 14.4. The Labute approximate surface area is 228 Å². The number of hydrogen-bond donors (Lipinski definition) is 1. The quantitative estimate of drug-likeness (QED) is 0.619. The highest BCUT2D eigenvalue weighted by Gasteiger charge is 2.55. The average molecular weight is 536 g/mol. The first-order chi connectivity index (χ1) is 18.4. The smallest absolute Gasteiger partial charge is 0.263 e. The van der Waals surface area contributed by atoms with E-state index >= 15 is 0 Å². The molecule has 0 saturated carbocycles. The summed E-state index contributed by atoms with van der Waals surface area (Å²) in [6.45, 7) is 7.03. The molecule has 6 rings (SSSR count). The Bertz CT molecular complexity index is 1300. The van der Waals surface area contributed by atoms with Crippen LogP contribution in [-0.4, -0.2) is 84.1 Å². The van der Waals surface area contributed by atoms with Crippen molar-refractivity contribution in [1.29, 1.82) is 0 Å². The molecule has 1 aromatic carbocycles. The van der Waals surface area contributed by atoms with Crippen molar-refractivity contribution in [2.24, 2.45) is 5.92 Å². The van der Waals surface area contributed by atoms with Crippen LogP contribution in [0.2, 0.25) is 0 Å². The van der Waals surface area contributed by atoms with E-state index in [2.05, 4.69) is 47.9 Å². The monoisotopic (exact) mass is 535 g/mol. The van der Waals surface area contributed by atoms with E-state index in [1.165, 1.54) is 16.8 Å². The van der Waals surface area contributed by atoms with Gasteiger partial charge in [0.05, 0.1) is 29.4 Å². The second kappa shape index (κ2) is 9.83. The van der Waals surface area contributed by atoms with E-state index < -0.39 is 6.35 Å². The van der Waals surface area contributed by atoms with Crippen molar-refractivity contribution in [3.63, 3.8) is 0 Å². The molecule has 2 aromatic rings. The minimum atomic E-state index is -0.711. The van der Waals surface area contributed by atoms with E-state index in [0.717, 1.165) is 46.5 Å². The van der Waals surface area contributed by atoms with Crippen molar-refractivity contribution < 1.29 is 19.4 Å². The number of carbonyl (C=O) groups excluding carboxylic acids is 1. The first kappa shape index (κ1) is 25.6. The summed E-state index contributed by atoms with van der Waals surface area (Å²) in [5.74, 6) is 1.19. The number of benzene rings is 1. The standard InChI is InChI=1S/C30H37N3O4S/c1-5-33-29(35)32-18-21-15-22(36-3)17-23(37-4)27(21)19(2)14-26(32)30(33)10-12-31(13-11-30)28(34)25-16-20-8-6-7-9-24(20)38-25/h6-9,14-16,19,23,29,35H,5,10-13,17-18H2,1-4H3. The van der Waals surface area contributed by atoms with Crippen LogP contribution in [0, 0.1) is 5.92 Å². The molecular formula is C30H37N3O4S. The number of carbonyl (C=O) groups is 1. The van der Waals surface area contributed by atoms with Gasteiger partial charge in [-0.3, -0.25) is 4.79 Å². The Balaban J connectivity index is 1.29. The van der Waals surface area contributed by atoms with E-state index in [1.807, 2.05) is 23.1 Å². The Morgan fingerprint density at radius 3 is 2.66 bits per heavy atom. The second-order valence-electron chi connectivity index (χ2n) is 10.8. The molecule has 38 heavy (non-hydrogen) atoms. The lowest BCUT2D eigenvalue weighted by atomic mass is 9.81. The van der Waals surface area contributed by atoms with Gasteiger partial charge in [0, 0.05) is 56.0 Å². The number of ether oxygens (including phenoxy) is 2. The fourth-order valence-electron chi connectivity index (χ4n) is 7.10. The molecule has 2 fully saturated rings. The number of fused-ring (bicyclic) bond motifs is 3. The fraction of sp³-hybridized carbons (Fsp3) is 0.500. The lowest BCUT2D eigenvalue weighted by Gasteiger charge is -2.44. The number of piperidine rings is 1. The summed E-state index contributed by atoms with van der Waals surface area (Å²) in [5, 5.41) is 12.7. The number of allylic oxidation sites excluding steroid dienone is 1. The molecule has 1 aliphatic carbocycles. The fourth-order valence-corrected chi connectivity index (χ4v) is 8.13. The van der Waals surface area contributed by atoms with Gasteiger partial charge in [-0.25, -0.2) is 4.90 Å². The van der Waals surface area contributed by atoms with Crippen molar-refractivity contribution in [2.45, 2.75) is 51.1 Å². The van der Waals surface area contributed by atoms with Crippen LogP contribution in [0.25, 0.3) is 10.1 Å². The largest absolute Gasteiger partial charge is 0.501 e. The molecule has 8 heteroatoms. The summed E-state index contributed by atoms with van der Waals surface area (Å²) in [7, 11) is 3.47. The molecule has 1 N–H and O–H groups in total. The predicted molar refractivity (Wildman–Crippen MR) is 150 cm³/mol. The molecule has 7 nitrogen and oxygen atoms in total. The van der Waals surface area contributed by atoms with E-state index in [1.54, 1.807) is 25.6 Å². The number of aliphatic hydroxyl groups excluding tert-OH is 1. The molecule has 3 unspecified atom stereocenters. The molecule has 4 aliphatic rings. The van der Waals surface area contributed by atoms with Crippen molar-refractivity contribution >= 4 is 27.3 Å². The van der Waals surface area contributed by atoms with Gasteiger partial charge in [-0.2, -0.15) is 0 Å². The van der Waals surface area contributed by atoms with Crippen LogP contribution in [0.1, 0.15) is 42.8 Å². The molecule has 1 amide bonds. The third-order valence-electron chi connectivity index (χ3n) is 8.97. The zero-order valence-corrected chi connectivity index (χ0v) is 23.5. The summed E-state index contributed by atoms with van der Waals surface area (Å²) in [6, 6.07) is 10.2. The highest BCUT2D eigenvalue weighted by molar-refractivity contribution is 7.20. The zero-order chi connectivity index (χ0) is 26.6. The lowest BCUT2D eigenvalue weighted by molar-refractivity contribution is -0.0804. The number of rotatable bonds is 4. The van der Waals surface area contributed by atoms with Gasteiger partial charge in [-0.1, -0.05) is 38.1 Å². The molecule has 4 heterocycles. The normalized spacial score (nSPS) is 27.2. The van der Waals surface area contributed by atoms with Gasteiger partial charge >= 0.3 is 0 Å². The number of likely N-dealkylation sites (N-methyl/N-ethyl adjacent to an activating group) is 1. The Morgan fingerprint density at radius 1 is 1.21 bits per heavy atom. The second-order valence-corrected chi connectivity index (χ2v) is 11.9. The zero-order valence-electron chi connectivity index (χ0n) is 22.6. The molecule has 202 valence electrons. The minimum absolute atomic E-state index is 0.0343. The number of amides is 1. The highest BCUT2D eigenvalue weighted by atomic mass is 32.1. The Kier molecular flexibility index (Phi) is 6.63. The maximum Gasteiger partial charge on any atom is 0.263 e. The Morgan fingerprint density at radius 2 is 1.97 bits per heavy atom. The molecule has 3 atom stereocenters. The van der Waals surface area contributed by atoms with E-state index in [9.17, 15) is 9.90 Å². The summed E-state index contributed by atoms with van der Waals surface area (Å²) in [5.41, 5.74) is 3.33. The number of methoxy groups -OCH3 is 2. The third kappa shape index (κ3) is 3.92. The van der Waals surface area contributed by atoms with E-state index in [-0.39, 0.29) is 23.5 Å². The summed E-state index contributed by atoms with van der Waals surface area (Å²) in [4.78, 5) is 20.7. The highest BCUT2D eigenvalue weighted by Crippen LogP contribution is 2.49. The van der Waals surface area contributed by atoms with Gasteiger partial charge in [0.25, 0.3) is 5.91 Å². The predicted octanol–water partition coefficient (Wildman–Crippen LogP) is 4.57. The average Bonchev–Trinajstić information content (AvgIpc) is 3.40. The molecule has 3 aliphatic heterocycles. The van der Waals surface area contributed by atoms with Crippen molar-refractivity contribution in [2.75, 3.05) is 40.4 Å². The van der Waals surface area contributed by atoms with Crippen LogP contribution in [0.4, 0.5) is 0 Å². The van der Waals surface area contributed by atoms with Crippen molar-refractivity contribution in [3.8, 4) is 0 Å². The van der Waals surface area contributed by atoms with Gasteiger partial charge in [0.1, 0.15) is 0 Å². The number of hydrogen-bond acceptors (Lipinski definition) is 7. The summed E-state index contributed by atoms with van der Waals surface area (Å²) < 4.78 is 12.7. The molecule has 1 spiro atoms. The van der Waals surface area contributed by atoms with Gasteiger partial charge in [0.15, 0.2) is 6.35 Å². The molecular weight excluding hydrogens is 498 g/mol. The van der Waals surface area contributed by atoms with Crippen LogP contribution in [0.5, 0.6) is 0 Å². The SMILES string of the molecule is CCN1C(O)N2CC3=C(C(C)C=C2C12CCN(C(=O)c1cc4ccccc4s1)CC2)C(OC)CC(OC)=C3. The maximum atomic E-state index is 13.5. The van der Waals surface area contributed by atoms with Crippen LogP contribution in [0.15, 0.2) is 65.1 Å². The molecule has 0 bridgehead atoms. The van der Waals surface area contributed by atoms with E-state index in [4.69, 9.17) is 9.47 Å². The van der Waals surface area contributed by atoms with Crippen molar-refractivity contribution in [3.05, 3.63) is 70.0 Å².